The third-order valence-electron chi connectivity index (χ3n) is 3.52. The number of rotatable bonds is 6. The topological polar surface area (TPSA) is 107 Å². The Morgan fingerprint density at radius 1 is 1.38 bits per heavy atom. The summed E-state index contributed by atoms with van der Waals surface area (Å²) >= 11 is 0. The quantitative estimate of drug-likeness (QED) is 0.722. The van der Waals surface area contributed by atoms with Crippen molar-refractivity contribution < 1.29 is 24.6 Å². The maximum Gasteiger partial charge on any atom is 0.326 e. The number of carbonyl (C=O) groups is 3. The van der Waals surface area contributed by atoms with E-state index >= 15 is 0 Å². The molecule has 1 aromatic rings. The molecule has 0 aromatic heterocycles. The van der Waals surface area contributed by atoms with Gasteiger partial charge in [-0.2, -0.15) is 0 Å². The summed E-state index contributed by atoms with van der Waals surface area (Å²) in [7, 11) is 1.75. The van der Waals surface area contributed by atoms with E-state index in [0.29, 0.717) is 5.56 Å². The largest absolute Gasteiger partial charge is 0.481 e. The van der Waals surface area contributed by atoms with Gasteiger partial charge in [-0.1, -0.05) is 0 Å². The molecule has 0 saturated heterocycles. The number of nitrogens with zero attached hydrogens (tertiary/aromatic N) is 1. The Morgan fingerprint density at radius 3 is 2.67 bits per heavy atom. The van der Waals surface area contributed by atoms with Gasteiger partial charge in [-0.05, 0) is 30.2 Å². The molecule has 1 amide bonds. The van der Waals surface area contributed by atoms with Crippen LogP contribution < -0.4 is 5.32 Å². The highest BCUT2D eigenvalue weighted by Crippen LogP contribution is 2.28. The zero-order valence-corrected chi connectivity index (χ0v) is 11.5. The summed E-state index contributed by atoms with van der Waals surface area (Å²) < 4.78 is 0. The van der Waals surface area contributed by atoms with Gasteiger partial charge in [-0.25, -0.2) is 4.79 Å². The lowest BCUT2D eigenvalue weighted by atomic mass is 10.1. The second kappa shape index (κ2) is 5.82. The highest BCUT2D eigenvalue weighted by Gasteiger charge is 2.36. The Balaban J connectivity index is 2.23. The fraction of sp³-hybridized carbons (Fsp3) is 0.357. The van der Waals surface area contributed by atoms with Gasteiger partial charge in [0, 0.05) is 31.3 Å². The SMILES string of the molecule is CNc1ccc2c(c1)CN(C(CCC(=O)O)C(=O)O)C2=O. The van der Waals surface area contributed by atoms with E-state index < -0.39 is 18.0 Å². The number of amides is 1. The van der Waals surface area contributed by atoms with Crippen LogP contribution in [0.2, 0.25) is 0 Å². The molecule has 21 heavy (non-hydrogen) atoms. The number of carboxylic acids is 2. The lowest BCUT2D eigenvalue weighted by molar-refractivity contribution is -0.143. The zero-order chi connectivity index (χ0) is 15.6. The molecular weight excluding hydrogens is 276 g/mol. The number of benzene rings is 1. The van der Waals surface area contributed by atoms with Crippen LogP contribution in [0.4, 0.5) is 5.69 Å². The van der Waals surface area contributed by atoms with Crippen molar-refractivity contribution in [1.29, 1.82) is 0 Å². The Hall–Kier alpha value is -2.57. The van der Waals surface area contributed by atoms with Crippen LogP contribution >= 0.6 is 0 Å². The minimum absolute atomic E-state index is 0.108. The minimum atomic E-state index is -1.19. The molecule has 2 rings (SSSR count). The molecule has 1 aliphatic heterocycles. The predicted molar refractivity (Wildman–Crippen MR) is 74.2 cm³/mol. The van der Waals surface area contributed by atoms with Crippen molar-refractivity contribution in [2.75, 3.05) is 12.4 Å². The van der Waals surface area contributed by atoms with E-state index in [1.807, 2.05) is 0 Å². The normalized spacial score (nSPS) is 14.7. The summed E-state index contributed by atoms with van der Waals surface area (Å²) in [6, 6.07) is 4.06. The Labute approximate surface area is 121 Å². The third kappa shape index (κ3) is 2.96. The number of carboxylic acid groups (broad SMARTS) is 2. The molecule has 0 saturated carbocycles. The fourth-order valence-electron chi connectivity index (χ4n) is 2.42. The zero-order valence-electron chi connectivity index (χ0n) is 11.5. The third-order valence-corrected chi connectivity index (χ3v) is 3.52. The van der Waals surface area contributed by atoms with E-state index in [4.69, 9.17) is 5.11 Å². The van der Waals surface area contributed by atoms with Crippen molar-refractivity contribution >= 4 is 23.5 Å². The van der Waals surface area contributed by atoms with Crippen LogP contribution in [0.25, 0.3) is 0 Å². The van der Waals surface area contributed by atoms with Crippen molar-refractivity contribution in [2.45, 2.75) is 25.4 Å². The minimum Gasteiger partial charge on any atom is -0.481 e. The Bertz CT molecular complexity index is 599. The van der Waals surface area contributed by atoms with Crippen molar-refractivity contribution in [1.82, 2.24) is 4.90 Å². The molecule has 0 spiro atoms. The van der Waals surface area contributed by atoms with Gasteiger partial charge in [0.1, 0.15) is 6.04 Å². The standard InChI is InChI=1S/C14H16N2O5/c1-15-9-2-3-10-8(6-9)7-16(13(10)19)11(14(20)21)4-5-12(17)18/h2-3,6,11,15H,4-5,7H2,1H3,(H,17,18)(H,20,21). The number of anilines is 1. The van der Waals surface area contributed by atoms with Gasteiger partial charge in [0.15, 0.2) is 0 Å². The fourth-order valence-corrected chi connectivity index (χ4v) is 2.42. The van der Waals surface area contributed by atoms with E-state index in [9.17, 15) is 19.5 Å². The summed E-state index contributed by atoms with van der Waals surface area (Å²) in [6.07, 6.45) is -0.401. The maximum atomic E-state index is 12.3. The molecule has 7 heteroatoms. The van der Waals surface area contributed by atoms with Crippen molar-refractivity contribution in [3.05, 3.63) is 29.3 Å². The number of carbonyl (C=O) groups excluding carboxylic acids is 1. The van der Waals surface area contributed by atoms with Crippen LogP contribution in [0.15, 0.2) is 18.2 Å². The lowest BCUT2D eigenvalue weighted by Crippen LogP contribution is -2.41. The average Bonchev–Trinajstić information content (AvgIpc) is 2.75. The predicted octanol–water partition coefficient (Wildman–Crippen LogP) is 1.00. The summed E-state index contributed by atoms with van der Waals surface area (Å²) in [5.41, 5.74) is 2.05. The molecule has 1 atom stereocenters. The van der Waals surface area contributed by atoms with Gasteiger partial charge < -0.3 is 20.4 Å². The van der Waals surface area contributed by atoms with Crippen molar-refractivity contribution in [2.24, 2.45) is 0 Å². The van der Waals surface area contributed by atoms with Crippen molar-refractivity contribution in [3.63, 3.8) is 0 Å². The summed E-state index contributed by atoms with van der Waals surface area (Å²) in [6.45, 7) is 0.181. The van der Waals surface area contributed by atoms with E-state index in [-0.39, 0.29) is 25.3 Å². The second-order valence-electron chi connectivity index (χ2n) is 4.84. The van der Waals surface area contributed by atoms with Crippen LogP contribution in [0.5, 0.6) is 0 Å². The first kappa shape index (κ1) is 14.8. The van der Waals surface area contributed by atoms with Crippen LogP contribution in [0.1, 0.15) is 28.8 Å². The molecule has 1 unspecified atom stereocenters. The van der Waals surface area contributed by atoms with Gasteiger partial charge in [-0.3, -0.25) is 9.59 Å². The summed E-state index contributed by atoms with van der Waals surface area (Å²) in [5, 5.41) is 20.9. The van der Waals surface area contributed by atoms with E-state index in [0.717, 1.165) is 11.3 Å². The molecule has 0 radical (unpaired) electrons. The molecule has 0 fully saturated rings. The Kier molecular flexibility index (Phi) is 4.11. The lowest BCUT2D eigenvalue weighted by Gasteiger charge is -2.23. The highest BCUT2D eigenvalue weighted by atomic mass is 16.4. The van der Waals surface area contributed by atoms with Crippen LogP contribution in [0.3, 0.4) is 0 Å². The second-order valence-corrected chi connectivity index (χ2v) is 4.84. The van der Waals surface area contributed by atoms with E-state index in [1.54, 1.807) is 25.2 Å². The van der Waals surface area contributed by atoms with Gasteiger partial charge in [-0.15, -0.1) is 0 Å². The van der Waals surface area contributed by atoms with Gasteiger partial charge in [0.2, 0.25) is 0 Å². The Morgan fingerprint density at radius 2 is 2.10 bits per heavy atom. The first-order valence-electron chi connectivity index (χ1n) is 6.50. The summed E-state index contributed by atoms with van der Waals surface area (Å²) in [5.74, 6) is -2.64. The smallest absolute Gasteiger partial charge is 0.326 e. The van der Waals surface area contributed by atoms with Gasteiger partial charge >= 0.3 is 11.9 Å². The van der Waals surface area contributed by atoms with Gasteiger partial charge in [0.25, 0.3) is 5.91 Å². The monoisotopic (exact) mass is 292 g/mol. The number of hydrogen-bond acceptors (Lipinski definition) is 4. The molecule has 0 bridgehead atoms. The van der Waals surface area contributed by atoms with Gasteiger partial charge in [0.05, 0.1) is 0 Å². The molecule has 0 aliphatic carbocycles. The molecule has 3 N–H and O–H groups in total. The summed E-state index contributed by atoms with van der Waals surface area (Å²) in [4.78, 5) is 35.4. The van der Waals surface area contributed by atoms with Crippen LogP contribution in [0, 0.1) is 0 Å². The van der Waals surface area contributed by atoms with Crippen molar-refractivity contribution in [3.8, 4) is 0 Å². The first-order chi connectivity index (χ1) is 9.93. The molecular formula is C14H16N2O5. The number of aliphatic carboxylic acids is 2. The molecule has 1 aliphatic rings. The molecule has 1 heterocycles. The molecule has 112 valence electrons. The van der Waals surface area contributed by atoms with E-state index in [2.05, 4.69) is 5.32 Å². The molecule has 7 nitrogen and oxygen atoms in total. The number of hydrogen-bond donors (Lipinski definition) is 3. The number of nitrogens with one attached hydrogen (secondary N) is 1. The van der Waals surface area contributed by atoms with Crippen LogP contribution in [-0.2, 0) is 16.1 Å². The van der Waals surface area contributed by atoms with E-state index in [1.165, 1.54) is 4.90 Å². The number of fused-ring (bicyclic) bond motifs is 1. The highest BCUT2D eigenvalue weighted by molar-refractivity contribution is 6.00. The average molecular weight is 292 g/mol. The van der Waals surface area contributed by atoms with Crippen LogP contribution in [-0.4, -0.2) is 46.0 Å². The maximum absolute atomic E-state index is 12.3. The molecule has 1 aromatic carbocycles. The first-order valence-corrected chi connectivity index (χ1v) is 6.50.